The smallest absolute Gasteiger partial charge is 0.337 e. The van der Waals surface area contributed by atoms with Crippen molar-refractivity contribution in [3.63, 3.8) is 0 Å². The van der Waals surface area contributed by atoms with E-state index in [-0.39, 0.29) is 5.97 Å². The second kappa shape index (κ2) is 5.49. The SMILES string of the molecule is COC(=O)c1ccc(-c2ccccc2C2CCC2)cc1. The lowest BCUT2D eigenvalue weighted by Crippen LogP contribution is -2.09. The standard InChI is InChI=1S/C18H18O2/c1-20-18(19)15-11-9-14(10-12-15)17-8-3-2-7-16(17)13-5-4-6-13/h2-3,7-13H,4-6H2,1H3. The summed E-state index contributed by atoms with van der Waals surface area (Å²) >= 11 is 0. The first-order valence-electron chi connectivity index (χ1n) is 7.07. The fourth-order valence-electron chi connectivity index (χ4n) is 2.74. The van der Waals surface area contributed by atoms with Gasteiger partial charge in [-0.15, -0.1) is 0 Å². The van der Waals surface area contributed by atoms with E-state index in [0.717, 1.165) is 0 Å². The van der Waals surface area contributed by atoms with Gasteiger partial charge in [0.1, 0.15) is 0 Å². The Bertz CT molecular complexity index is 610. The zero-order valence-corrected chi connectivity index (χ0v) is 11.6. The van der Waals surface area contributed by atoms with E-state index in [4.69, 9.17) is 4.74 Å². The average molecular weight is 266 g/mol. The van der Waals surface area contributed by atoms with E-state index in [1.807, 2.05) is 24.3 Å². The maximum absolute atomic E-state index is 11.5. The van der Waals surface area contributed by atoms with Crippen LogP contribution < -0.4 is 0 Å². The van der Waals surface area contributed by atoms with Crippen molar-refractivity contribution in [1.29, 1.82) is 0 Å². The highest BCUT2D eigenvalue weighted by Crippen LogP contribution is 2.40. The molecule has 20 heavy (non-hydrogen) atoms. The molecule has 1 aliphatic carbocycles. The van der Waals surface area contributed by atoms with Gasteiger partial charge in [-0.2, -0.15) is 0 Å². The van der Waals surface area contributed by atoms with Crippen LogP contribution >= 0.6 is 0 Å². The molecule has 2 aromatic carbocycles. The summed E-state index contributed by atoms with van der Waals surface area (Å²) in [4.78, 5) is 11.5. The molecule has 1 saturated carbocycles. The summed E-state index contributed by atoms with van der Waals surface area (Å²) in [6.07, 6.45) is 3.91. The Labute approximate surface area is 119 Å². The third-order valence-corrected chi connectivity index (χ3v) is 4.12. The van der Waals surface area contributed by atoms with Crippen molar-refractivity contribution < 1.29 is 9.53 Å². The Balaban J connectivity index is 1.94. The van der Waals surface area contributed by atoms with Gasteiger partial charge in [0.25, 0.3) is 0 Å². The molecule has 0 atom stereocenters. The van der Waals surface area contributed by atoms with Crippen LogP contribution in [0.25, 0.3) is 11.1 Å². The summed E-state index contributed by atoms with van der Waals surface area (Å²) < 4.78 is 4.73. The van der Waals surface area contributed by atoms with Crippen molar-refractivity contribution in [2.75, 3.05) is 7.11 Å². The van der Waals surface area contributed by atoms with Crippen LogP contribution in [0.1, 0.15) is 41.1 Å². The summed E-state index contributed by atoms with van der Waals surface area (Å²) in [6.45, 7) is 0. The third-order valence-electron chi connectivity index (χ3n) is 4.12. The molecule has 0 aliphatic heterocycles. The number of carbonyl (C=O) groups excluding carboxylic acids is 1. The number of esters is 1. The van der Waals surface area contributed by atoms with Gasteiger partial charge in [-0.05, 0) is 47.6 Å². The van der Waals surface area contributed by atoms with Crippen LogP contribution in [0.2, 0.25) is 0 Å². The molecular formula is C18H18O2. The van der Waals surface area contributed by atoms with Gasteiger partial charge < -0.3 is 4.74 Å². The van der Waals surface area contributed by atoms with Gasteiger partial charge in [-0.3, -0.25) is 0 Å². The van der Waals surface area contributed by atoms with E-state index in [0.29, 0.717) is 11.5 Å². The van der Waals surface area contributed by atoms with E-state index in [2.05, 4.69) is 24.3 Å². The molecule has 3 rings (SSSR count). The minimum Gasteiger partial charge on any atom is -0.465 e. The number of ether oxygens (including phenoxy) is 1. The summed E-state index contributed by atoms with van der Waals surface area (Å²) in [5, 5.41) is 0. The molecule has 1 fully saturated rings. The minimum atomic E-state index is -0.288. The molecule has 1 aliphatic rings. The van der Waals surface area contributed by atoms with Gasteiger partial charge >= 0.3 is 5.97 Å². The Morgan fingerprint density at radius 2 is 1.75 bits per heavy atom. The number of carbonyl (C=O) groups is 1. The minimum absolute atomic E-state index is 0.288. The van der Waals surface area contributed by atoms with E-state index in [1.165, 1.54) is 43.1 Å². The van der Waals surface area contributed by atoms with Gasteiger partial charge in [-0.1, -0.05) is 42.8 Å². The lowest BCUT2D eigenvalue weighted by Gasteiger charge is -2.28. The van der Waals surface area contributed by atoms with Crippen molar-refractivity contribution in [2.45, 2.75) is 25.2 Å². The van der Waals surface area contributed by atoms with Crippen molar-refractivity contribution in [3.05, 3.63) is 59.7 Å². The maximum atomic E-state index is 11.5. The predicted octanol–water partition coefficient (Wildman–Crippen LogP) is 4.41. The average Bonchev–Trinajstić information content (AvgIpc) is 2.45. The van der Waals surface area contributed by atoms with Crippen LogP contribution in [0, 0.1) is 0 Å². The van der Waals surface area contributed by atoms with E-state index < -0.39 is 0 Å². The Morgan fingerprint density at radius 1 is 1.05 bits per heavy atom. The second-order valence-corrected chi connectivity index (χ2v) is 5.28. The molecule has 0 radical (unpaired) electrons. The van der Waals surface area contributed by atoms with Crippen molar-refractivity contribution in [3.8, 4) is 11.1 Å². The summed E-state index contributed by atoms with van der Waals surface area (Å²) in [5.41, 5.74) is 4.48. The highest BCUT2D eigenvalue weighted by molar-refractivity contribution is 5.90. The molecule has 2 heteroatoms. The normalized spacial score (nSPS) is 14.7. The van der Waals surface area contributed by atoms with Crippen LogP contribution in [0.4, 0.5) is 0 Å². The Kier molecular flexibility index (Phi) is 3.55. The highest BCUT2D eigenvalue weighted by atomic mass is 16.5. The van der Waals surface area contributed by atoms with E-state index >= 15 is 0 Å². The first-order valence-corrected chi connectivity index (χ1v) is 7.07. The molecule has 0 bridgehead atoms. The van der Waals surface area contributed by atoms with E-state index in [1.54, 1.807) is 0 Å². The quantitative estimate of drug-likeness (QED) is 0.769. The van der Waals surface area contributed by atoms with Gasteiger partial charge in [0.05, 0.1) is 12.7 Å². The van der Waals surface area contributed by atoms with Crippen molar-refractivity contribution in [2.24, 2.45) is 0 Å². The lowest BCUT2D eigenvalue weighted by atomic mass is 9.77. The van der Waals surface area contributed by atoms with Gasteiger partial charge in [0, 0.05) is 0 Å². The summed E-state index contributed by atoms with van der Waals surface area (Å²) in [5.74, 6) is 0.412. The lowest BCUT2D eigenvalue weighted by molar-refractivity contribution is 0.0601. The molecule has 2 aromatic rings. The van der Waals surface area contributed by atoms with Crippen molar-refractivity contribution in [1.82, 2.24) is 0 Å². The third kappa shape index (κ3) is 2.34. The number of methoxy groups -OCH3 is 1. The number of benzene rings is 2. The van der Waals surface area contributed by atoms with Gasteiger partial charge in [0.2, 0.25) is 0 Å². The van der Waals surface area contributed by atoms with Gasteiger partial charge in [-0.25, -0.2) is 4.79 Å². The molecule has 0 amide bonds. The molecule has 0 N–H and O–H groups in total. The van der Waals surface area contributed by atoms with Crippen LogP contribution in [-0.2, 0) is 4.74 Å². The van der Waals surface area contributed by atoms with Crippen LogP contribution in [-0.4, -0.2) is 13.1 Å². The first-order chi connectivity index (χ1) is 9.79. The Morgan fingerprint density at radius 3 is 2.35 bits per heavy atom. The van der Waals surface area contributed by atoms with Crippen LogP contribution in [0.15, 0.2) is 48.5 Å². The molecule has 0 heterocycles. The summed E-state index contributed by atoms with van der Waals surface area (Å²) in [7, 11) is 1.40. The topological polar surface area (TPSA) is 26.3 Å². The predicted molar refractivity (Wildman–Crippen MR) is 79.8 cm³/mol. The zero-order valence-electron chi connectivity index (χ0n) is 11.6. The second-order valence-electron chi connectivity index (χ2n) is 5.28. The summed E-state index contributed by atoms with van der Waals surface area (Å²) in [6, 6.07) is 16.3. The molecular weight excluding hydrogens is 248 g/mol. The highest BCUT2D eigenvalue weighted by Gasteiger charge is 2.22. The maximum Gasteiger partial charge on any atom is 0.337 e. The Hall–Kier alpha value is -2.09. The first kappa shape index (κ1) is 12.9. The number of hydrogen-bond donors (Lipinski definition) is 0. The fraction of sp³-hybridized carbons (Fsp3) is 0.278. The molecule has 0 saturated heterocycles. The molecule has 2 nitrogen and oxygen atoms in total. The van der Waals surface area contributed by atoms with Crippen LogP contribution in [0.5, 0.6) is 0 Å². The fourth-order valence-corrected chi connectivity index (χ4v) is 2.74. The van der Waals surface area contributed by atoms with Gasteiger partial charge in [0.15, 0.2) is 0 Å². The molecule has 0 unspecified atom stereocenters. The monoisotopic (exact) mass is 266 g/mol. The number of rotatable bonds is 3. The largest absolute Gasteiger partial charge is 0.465 e. The molecule has 102 valence electrons. The van der Waals surface area contributed by atoms with Crippen molar-refractivity contribution >= 4 is 5.97 Å². The molecule has 0 spiro atoms. The number of hydrogen-bond acceptors (Lipinski definition) is 2. The molecule has 0 aromatic heterocycles. The van der Waals surface area contributed by atoms with Crippen LogP contribution in [0.3, 0.4) is 0 Å². The van der Waals surface area contributed by atoms with E-state index in [9.17, 15) is 4.79 Å². The zero-order chi connectivity index (χ0) is 13.9.